The standard InChI is InChI=1S/C17H29NO/c1-12-5-4-7-14(11-12)17(19)16-10-9-13-6-2-3-8-15(13)18-16/h12-16,18H,2-11H2,1H3. The molecule has 0 aromatic heterocycles. The predicted octanol–water partition coefficient (Wildman–Crippen LogP) is 3.69. The third-order valence-corrected chi connectivity index (χ3v) is 5.83. The van der Waals surface area contributed by atoms with Crippen molar-refractivity contribution in [1.29, 1.82) is 0 Å². The highest BCUT2D eigenvalue weighted by Gasteiger charge is 2.37. The number of piperidine rings is 1. The van der Waals surface area contributed by atoms with Gasteiger partial charge in [0.1, 0.15) is 0 Å². The van der Waals surface area contributed by atoms with Gasteiger partial charge in [-0.3, -0.25) is 4.79 Å². The maximum Gasteiger partial charge on any atom is 0.152 e. The SMILES string of the molecule is CC1CCCC(C(=O)C2CCC3CCCCC3N2)C1. The van der Waals surface area contributed by atoms with E-state index >= 15 is 0 Å². The van der Waals surface area contributed by atoms with E-state index in [1.165, 1.54) is 44.9 Å². The van der Waals surface area contributed by atoms with Gasteiger partial charge in [0.05, 0.1) is 6.04 Å². The summed E-state index contributed by atoms with van der Waals surface area (Å²) in [5.74, 6) is 2.54. The number of nitrogens with one attached hydrogen (secondary N) is 1. The Labute approximate surface area is 117 Å². The Balaban J connectivity index is 1.58. The second kappa shape index (κ2) is 5.95. The monoisotopic (exact) mass is 263 g/mol. The highest BCUT2D eigenvalue weighted by molar-refractivity contribution is 5.86. The number of rotatable bonds is 2. The second-order valence-corrected chi connectivity index (χ2v) is 7.32. The Hall–Kier alpha value is -0.370. The third kappa shape index (κ3) is 3.04. The number of carbonyl (C=O) groups excluding carboxylic acids is 1. The molecular formula is C17H29NO. The zero-order valence-corrected chi connectivity index (χ0v) is 12.4. The highest BCUT2D eigenvalue weighted by atomic mass is 16.1. The smallest absolute Gasteiger partial charge is 0.152 e. The lowest BCUT2D eigenvalue weighted by molar-refractivity contribution is -0.127. The molecule has 0 amide bonds. The first kappa shape index (κ1) is 13.6. The molecule has 5 unspecified atom stereocenters. The van der Waals surface area contributed by atoms with Crippen molar-refractivity contribution in [1.82, 2.24) is 5.32 Å². The van der Waals surface area contributed by atoms with Gasteiger partial charge >= 0.3 is 0 Å². The van der Waals surface area contributed by atoms with Crippen LogP contribution in [0.3, 0.4) is 0 Å². The molecule has 2 saturated carbocycles. The fourth-order valence-electron chi connectivity index (χ4n) is 4.70. The van der Waals surface area contributed by atoms with Gasteiger partial charge in [-0.15, -0.1) is 0 Å². The molecule has 1 saturated heterocycles. The van der Waals surface area contributed by atoms with E-state index in [9.17, 15) is 4.79 Å². The fourth-order valence-corrected chi connectivity index (χ4v) is 4.70. The number of carbonyl (C=O) groups is 1. The minimum atomic E-state index is 0.189. The van der Waals surface area contributed by atoms with Gasteiger partial charge in [-0.05, 0) is 50.4 Å². The number of Topliss-reactive ketones (excluding diaryl/α,β-unsaturated/α-hetero) is 1. The number of hydrogen-bond acceptors (Lipinski definition) is 2. The van der Waals surface area contributed by atoms with Crippen LogP contribution in [0, 0.1) is 17.8 Å². The zero-order valence-electron chi connectivity index (χ0n) is 12.4. The fraction of sp³-hybridized carbons (Fsp3) is 0.941. The number of ketones is 1. The summed E-state index contributed by atoms with van der Waals surface area (Å²) < 4.78 is 0. The highest BCUT2D eigenvalue weighted by Crippen LogP contribution is 2.35. The van der Waals surface area contributed by atoms with Gasteiger partial charge in [0.25, 0.3) is 0 Å². The molecule has 1 aliphatic heterocycles. The molecule has 2 nitrogen and oxygen atoms in total. The van der Waals surface area contributed by atoms with Gasteiger partial charge in [0.2, 0.25) is 0 Å². The first-order valence-corrected chi connectivity index (χ1v) is 8.54. The van der Waals surface area contributed by atoms with Crippen molar-refractivity contribution in [3.05, 3.63) is 0 Å². The summed E-state index contributed by atoms with van der Waals surface area (Å²) in [6, 6.07) is 0.840. The Bertz CT molecular complexity index is 327. The van der Waals surface area contributed by atoms with E-state index in [0.29, 0.717) is 17.7 Å². The van der Waals surface area contributed by atoms with Crippen molar-refractivity contribution in [3.63, 3.8) is 0 Å². The van der Waals surface area contributed by atoms with Gasteiger partial charge < -0.3 is 5.32 Å². The molecule has 5 atom stereocenters. The molecule has 1 N–H and O–H groups in total. The van der Waals surface area contributed by atoms with E-state index < -0.39 is 0 Å². The Kier molecular flexibility index (Phi) is 4.26. The summed E-state index contributed by atoms with van der Waals surface area (Å²) in [6.45, 7) is 2.31. The van der Waals surface area contributed by atoms with Crippen molar-refractivity contribution >= 4 is 5.78 Å². The third-order valence-electron chi connectivity index (χ3n) is 5.83. The molecule has 3 fully saturated rings. The zero-order chi connectivity index (χ0) is 13.2. The van der Waals surface area contributed by atoms with E-state index in [2.05, 4.69) is 12.2 Å². The van der Waals surface area contributed by atoms with Crippen LogP contribution in [0.15, 0.2) is 0 Å². The molecule has 1 heterocycles. The lowest BCUT2D eigenvalue weighted by Crippen LogP contribution is -2.53. The molecule has 3 rings (SSSR count). The minimum absolute atomic E-state index is 0.189. The van der Waals surface area contributed by atoms with Crippen molar-refractivity contribution in [2.45, 2.75) is 83.2 Å². The van der Waals surface area contributed by atoms with Crippen LogP contribution in [0.5, 0.6) is 0 Å². The van der Waals surface area contributed by atoms with E-state index in [4.69, 9.17) is 0 Å². The Morgan fingerprint density at radius 3 is 2.63 bits per heavy atom. The normalized spacial score (nSPS) is 43.5. The van der Waals surface area contributed by atoms with Crippen molar-refractivity contribution in [3.8, 4) is 0 Å². The second-order valence-electron chi connectivity index (χ2n) is 7.32. The van der Waals surface area contributed by atoms with Gasteiger partial charge in [0, 0.05) is 12.0 Å². The summed E-state index contributed by atoms with van der Waals surface area (Å²) in [5.41, 5.74) is 0. The van der Waals surface area contributed by atoms with Gasteiger partial charge in [-0.1, -0.05) is 32.6 Å². The van der Waals surface area contributed by atoms with Crippen LogP contribution in [-0.4, -0.2) is 17.9 Å². The molecular weight excluding hydrogens is 234 g/mol. The lowest BCUT2D eigenvalue weighted by atomic mass is 9.73. The average molecular weight is 263 g/mol. The van der Waals surface area contributed by atoms with Crippen LogP contribution in [0.2, 0.25) is 0 Å². The summed E-state index contributed by atoms with van der Waals surface area (Å²) in [7, 11) is 0. The van der Waals surface area contributed by atoms with E-state index in [1.54, 1.807) is 0 Å². The number of hydrogen-bond donors (Lipinski definition) is 1. The quantitative estimate of drug-likeness (QED) is 0.823. The summed E-state index contributed by atoms with van der Waals surface area (Å²) in [6.07, 6.45) is 12.7. The molecule has 0 radical (unpaired) electrons. The van der Waals surface area contributed by atoms with Crippen LogP contribution < -0.4 is 5.32 Å². The van der Waals surface area contributed by atoms with E-state index in [-0.39, 0.29) is 6.04 Å². The van der Waals surface area contributed by atoms with Crippen LogP contribution >= 0.6 is 0 Å². The Morgan fingerprint density at radius 1 is 0.947 bits per heavy atom. The molecule has 0 aromatic carbocycles. The Morgan fingerprint density at radius 2 is 1.79 bits per heavy atom. The topological polar surface area (TPSA) is 29.1 Å². The van der Waals surface area contributed by atoms with Gasteiger partial charge in [-0.25, -0.2) is 0 Å². The largest absolute Gasteiger partial charge is 0.304 e. The summed E-state index contributed by atoms with van der Waals surface area (Å²) in [4.78, 5) is 12.7. The van der Waals surface area contributed by atoms with Crippen LogP contribution in [0.4, 0.5) is 0 Å². The van der Waals surface area contributed by atoms with Crippen molar-refractivity contribution in [2.75, 3.05) is 0 Å². The van der Waals surface area contributed by atoms with E-state index in [0.717, 1.165) is 31.1 Å². The molecule has 0 aromatic rings. The lowest BCUT2D eigenvalue weighted by Gasteiger charge is -2.41. The molecule has 0 bridgehead atoms. The summed E-state index contributed by atoms with van der Waals surface area (Å²) >= 11 is 0. The van der Waals surface area contributed by atoms with Crippen molar-refractivity contribution < 1.29 is 4.79 Å². The molecule has 108 valence electrons. The first-order valence-electron chi connectivity index (χ1n) is 8.54. The summed E-state index contributed by atoms with van der Waals surface area (Å²) in [5, 5.41) is 3.72. The maximum atomic E-state index is 12.7. The average Bonchev–Trinajstić information content (AvgIpc) is 2.46. The minimum Gasteiger partial charge on any atom is -0.304 e. The number of fused-ring (bicyclic) bond motifs is 1. The first-order chi connectivity index (χ1) is 9.24. The van der Waals surface area contributed by atoms with Gasteiger partial charge in [-0.2, -0.15) is 0 Å². The van der Waals surface area contributed by atoms with Crippen molar-refractivity contribution in [2.24, 2.45) is 17.8 Å². The van der Waals surface area contributed by atoms with E-state index in [1.807, 2.05) is 0 Å². The molecule has 2 aliphatic carbocycles. The maximum absolute atomic E-state index is 12.7. The van der Waals surface area contributed by atoms with Crippen LogP contribution in [0.1, 0.15) is 71.1 Å². The molecule has 0 spiro atoms. The predicted molar refractivity (Wildman–Crippen MR) is 78.0 cm³/mol. The van der Waals surface area contributed by atoms with Crippen LogP contribution in [0.25, 0.3) is 0 Å². The van der Waals surface area contributed by atoms with Gasteiger partial charge in [0.15, 0.2) is 5.78 Å². The van der Waals surface area contributed by atoms with Crippen LogP contribution in [-0.2, 0) is 4.79 Å². The molecule has 3 aliphatic rings. The molecule has 2 heteroatoms. The molecule has 19 heavy (non-hydrogen) atoms.